The Balaban J connectivity index is 0.000000159. The molecule has 0 heterocycles. The van der Waals surface area contributed by atoms with Gasteiger partial charge in [-0.2, -0.15) is 17.6 Å². The van der Waals surface area contributed by atoms with Gasteiger partial charge in [-0.15, -0.1) is 0 Å². The molecule has 0 amide bonds. The van der Waals surface area contributed by atoms with Crippen molar-refractivity contribution in [2.75, 3.05) is 58.6 Å². The third-order valence-corrected chi connectivity index (χ3v) is 22.1. The lowest BCUT2D eigenvalue weighted by molar-refractivity contribution is -0.190. The lowest BCUT2D eigenvalue weighted by Gasteiger charge is -2.58. The summed E-state index contributed by atoms with van der Waals surface area (Å²) >= 11 is 5.44. The number of hydrogen-bond acceptors (Lipinski definition) is 11. The monoisotopic (exact) mass is 1060 g/mol. The highest BCUT2D eigenvalue weighted by Gasteiger charge is 2.58. The molecule has 12 saturated carbocycles. The summed E-state index contributed by atoms with van der Waals surface area (Å²) in [4.78, 5) is 26.3. The summed E-state index contributed by atoms with van der Waals surface area (Å²) < 4.78 is 116. The molecule has 11 nitrogen and oxygen atoms in total. The van der Waals surface area contributed by atoms with Crippen molar-refractivity contribution in [2.45, 2.75) is 172 Å². The van der Waals surface area contributed by atoms with E-state index in [4.69, 9.17) is 25.8 Å². The molecule has 12 aliphatic carbocycles. The smallest absolute Gasteiger partial charge is 0.367 e. The molecular weight excluding hydrogens is 974 g/mol. The molecule has 0 aromatic carbocycles. The van der Waals surface area contributed by atoms with E-state index in [9.17, 15) is 49.1 Å². The number of ether oxygens (including phenoxy) is 3. The lowest BCUT2D eigenvalue weighted by Crippen LogP contribution is -2.54. The van der Waals surface area contributed by atoms with E-state index in [0.717, 1.165) is 70.1 Å². The number of sulfone groups is 2. The summed E-state index contributed by atoms with van der Waals surface area (Å²) in [6.45, 7) is 7.39. The first kappa shape index (κ1) is 56.6. The molecule has 0 spiro atoms. The largest absolute Gasteiger partial charge is 0.459 e. The second kappa shape index (κ2) is 22.6. The molecule has 1 N–H and O–H groups in total. The first-order valence-electron chi connectivity index (χ1n) is 26.9. The number of alkyl halides is 4. The van der Waals surface area contributed by atoms with Crippen molar-refractivity contribution in [3.05, 3.63) is 0 Å². The van der Waals surface area contributed by atoms with Crippen LogP contribution in [0.1, 0.15) is 149 Å². The molecule has 0 aliphatic heterocycles. The second-order valence-electron chi connectivity index (χ2n) is 24.3. The van der Waals surface area contributed by atoms with Crippen molar-refractivity contribution in [1.29, 1.82) is 0 Å². The highest BCUT2D eigenvalue weighted by molar-refractivity contribution is 7.92. The van der Waals surface area contributed by atoms with E-state index in [1.54, 1.807) is 0 Å². The van der Waals surface area contributed by atoms with E-state index in [0.29, 0.717) is 65.8 Å². The van der Waals surface area contributed by atoms with Crippen LogP contribution < -0.4 is 0 Å². The van der Waals surface area contributed by atoms with E-state index in [1.807, 2.05) is 0 Å². The Labute approximate surface area is 421 Å². The standard InChI is InChI=1S/C23H34F2O5S.C15H24F2O4S.C8H11ClO.C6H15N/c1-31(27,28)23(24,25)13-29-12-20(30-21(26)19-8-14-2-3-18(19)7-14)22-9-15-4-16(10-22)6-17(5-15)11-22;1-22(19,20)15(16,17)9-21-8-13(18)14-5-10-2-11(6-14)4-12(3-10)7-14;9-8(10)7-4-5-1-2-6(7)3-5;1-4-7(5-2)6-3/h14-20H,2-13H2,1H3;10-13,18H,2-9H2,1H3;5-7H,1-4H2;4-6H2,1-3H3. The number of aliphatic hydroxyl groups excluding tert-OH is 1. The summed E-state index contributed by atoms with van der Waals surface area (Å²) in [6.07, 6.45) is 21.9. The molecule has 18 heteroatoms. The average molecular weight is 1060 g/mol. The highest BCUT2D eigenvalue weighted by Crippen LogP contribution is 2.63. The van der Waals surface area contributed by atoms with E-state index < -0.39 is 55.6 Å². The van der Waals surface area contributed by atoms with Crippen molar-refractivity contribution in [3.8, 4) is 0 Å². The van der Waals surface area contributed by atoms with Crippen molar-refractivity contribution in [1.82, 2.24) is 4.90 Å². The Morgan fingerprint density at radius 2 is 0.957 bits per heavy atom. The fraction of sp³-hybridized carbons (Fsp3) is 0.962. The maximum atomic E-state index is 13.9. The molecule has 8 atom stereocenters. The highest BCUT2D eigenvalue weighted by atomic mass is 35.5. The summed E-state index contributed by atoms with van der Waals surface area (Å²) in [6, 6.07) is 0. The zero-order valence-electron chi connectivity index (χ0n) is 42.4. The minimum absolute atomic E-state index is 0.0763. The van der Waals surface area contributed by atoms with Crippen LogP contribution in [0.2, 0.25) is 0 Å². The first-order valence-corrected chi connectivity index (χ1v) is 31.0. The number of halogens is 5. The fourth-order valence-corrected chi connectivity index (χ4v) is 17.3. The fourth-order valence-electron chi connectivity index (χ4n) is 16.4. The molecule has 12 fully saturated rings. The van der Waals surface area contributed by atoms with Gasteiger partial charge in [0.1, 0.15) is 19.3 Å². The van der Waals surface area contributed by atoms with Crippen LogP contribution in [0.5, 0.6) is 0 Å². The molecule has 404 valence electrons. The van der Waals surface area contributed by atoms with Gasteiger partial charge in [0.25, 0.3) is 0 Å². The molecule has 12 aliphatic rings. The first-order chi connectivity index (χ1) is 32.8. The van der Waals surface area contributed by atoms with E-state index in [-0.39, 0.29) is 47.1 Å². The predicted molar refractivity (Wildman–Crippen MR) is 261 cm³/mol. The van der Waals surface area contributed by atoms with Gasteiger partial charge in [0.15, 0.2) is 0 Å². The van der Waals surface area contributed by atoms with Crippen molar-refractivity contribution < 1.29 is 63.3 Å². The van der Waals surface area contributed by atoms with Crippen molar-refractivity contribution in [3.63, 3.8) is 0 Å². The molecule has 0 saturated heterocycles. The number of esters is 1. The SMILES string of the molecule is CCN(CC)CC.CS(=O)(=O)C(F)(F)COCC(O)C12CC3CC(CC(C3)C1)C2.CS(=O)(=O)C(F)(F)COCC(OC(=O)C1CC2CCC1C2)C12CC3CC(CC(C3)C1)C2.O=C(Cl)C1CC2CCC1C2. The maximum absolute atomic E-state index is 13.9. The number of carbonyl (C=O) groups excluding carboxylic acids is 2. The third-order valence-electron chi connectivity index (χ3n) is 19.4. The zero-order valence-corrected chi connectivity index (χ0v) is 44.8. The topological polar surface area (TPSA) is 154 Å². The Morgan fingerprint density at radius 3 is 1.26 bits per heavy atom. The van der Waals surface area contributed by atoms with Gasteiger partial charge in [-0.05, 0) is 211 Å². The third kappa shape index (κ3) is 13.1. The summed E-state index contributed by atoms with van der Waals surface area (Å²) in [5.74, 6) is 6.25. The number of rotatable bonds is 18. The van der Waals surface area contributed by atoms with Crippen molar-refractivity contribution in [2.24, 2.45) is 81.8 Å². The number of aliphatic hydroxyl groups is 1. The van der Waals surface area contributed by atoms with Crippen LogP contribution in [0.3, 0.4) is 0 Å². The quantitative estimate of drug-likeness (QED) is 0.0793. The normalized spacial score (nSPS) is 38.3. The second-order valence-corrected chi connectivity index (χ2v) is 29.0. The molecule has 12 bridgehead atoms. The van der Waals surface area contributed by atoms with E-state index >= 15 is 0 Å². The van der Waals surface area contributed by atoms with Gasteiger partial charge in [0.05, 0.1) is 25.2 Å². The summed E-state index contributed by atoms with van der Waals surface area (Å²) in [5, 5.41) is 2.57. The van der Waals surface area contributed by atoms with Crippen LogP contribution in [-0.4, -0.2) is 119 Å². The molecule has 0 aromatic rings. The lowest BCUT2D eigenvalue weighted by atomic mass is 9.48. The molecule has 8 unspecified atom stereocenters. The van der Waals surface area contributed by atoms with Crippen LogP contribution in [0.4, 0.5) is 17.6 Å². The van der Waals surface area contributed by atoms with Gasteiger partial charge in [-0.1, -0.05) is 33.6 Å². The molecule has 70 heavy (non-hydrogen) atoms. The Hall–Kier alpha value is -1.11. The summed E-state index contributed by atoms with van der Waals surface area (Å²) in [7, 11) is -9.04. The van der Waals surface area contributed by atoms with Gasteiger partial charge >= 0.3 is 16.5 Å². The zero-order chi connectivity index (χ0) is 51.0. The van der Waals surface area contributed by atoms with E-state index in [2.05, 4.69) is 25.7 Å². The number of nitrogens with zero attached hydrogens (tertiary/aromatic N) is 1. The van der Waals surface area contributed by atoms with Gasteiger partial charge in [0.2, 0.25) is 24.9 Å². The average Bonchev–Trinajstić information content (AvgIpc) is 4.10. The van der Waals surface area contributed by atoms with Crippen LogP contribution in [0.25, 0.3) is 0 Å². The number of fused-ring (bicyclic) bond motifs is 4. The predicted octanol–water partition coefficient (Wildman–Crippen LogP) is 9.96. The van der Waals surface area contributed by atoms with Crippen LogP contribution in [0.15, 0.2) is 0 Å². The van der Waals surface area contributed by atoms with Gasteiger partial charge < -0.3 is 24.2 Å². The number of carbonyl (C=O) groups is 2. The van der Waals surface area contributed by atoms with Crippen LogP contribution in [-0.2, 0) is 43.5 Å². The Kier molecular flexibility index (Phi) is 18.3. The minimum atomic E-state index is -4.55. The minimum Gasteiger partial charge on any atom is -0.459 e. The molecular formula is C52H84ClF4NO10S2. The molecule has 12 rings (SSSR count). The maximum Gasteiger partial charge on any atom is 0.367 e. The summed E-state index contributed by atoms with van der Waals surface area (Å²) in [5.41, 5.74) is -0.405. The Morgan fingerprint density at radius 1 is 0.586 bits per heavy atom. The van der Waals surface area contributed by atoms with Gasteiger partial charge in [0, 0.05) is 23.8 Å². The Bertz CT molecular complexity index is 1950. The van der Waals surface area contributed by atoms with Crippen LogP contribution in [0, 0.1) is 81.8 Å². The number of hydrogen-bond donors (Lipinski definition) is 1. The van der Waals surface area contributed by atoms with Crippen molar-refractivity contribution >= 4 is 42.5 Å². The molecule has 0 radical (unpaired) electrons. The van der Waals surface area contributed by atoms with Gasteiger partial charge in [-0.25, -0.2) is 16.8 Å². The van der Waals surface area contributed by atoms with Gasteiger partial charge in [-0.3, -0.25) is 9.59 Å². The molecule has 0 aromatic heterocycles. The van der Waals surface area contributed by atoms with Crippen LogP contribution >= 0.6 is 11.6 Å². The van der Waals surface area contributed by atoms with E-state index in [1.165, 1.54) is 83.8 Å².